The largest absolute Gasteiger partial charge is 0.390 e. The van der Waals surface area contributed by atoms with Gasteiger partial charge in [0.2, 0.25) is 0 Å². The molecular weight excluding hydrogens is 316 g/mol. The summed E-state index contributed by atoms with van der Waals surface area (Å²) in [6, 6.07) is 6.49. The molecule has 3 nitrogen and oxygen atoms in total. The second-order valence-electron chi connectivity index (χ2n) is 5.93. The zero-order chi connectivity index (χ0) is 14.6. The first-order chi connectivity index (χ1) is 9.52. The average molecular weight is 341 g/mol. The van der Waals surface area contributed by atoms with Crippen molar-refractivity contribution in [3.05, 3.63) is 28.2 Å². The van der Waals surface area contributed by atoms with Gasteiger partial charge in [-0.15, -0.1) is 0 Å². The lowest BCUT2D eigenvalue weighted by molar-refractivity contribution is 0.0351. The second kappa shape index (κ2) is 6.92. The van der Waals surface area contributed by atoms with Crippen molar-refractivity contribution in [3.63, 3.8) is 0 Å². The molecule has 0 radical (unpaired) electrons. The summed E-state index contributed by atoms with van der Waals surface area (Å²) < 4.78 is 1.12. The fraction of sp³-hybridized carbons (Fsp3) is 0.625. The normalized spacial score (nSPS) is 18.3. The number of nitrogens with one attached hydrogen (secondary N) is 1. The number of aliphatic hydroxyl groups is 1. The van der Waals surface area contributed by atoms with Crippen LogP contribution in [0.25, 0.3) is 0 Å². The van der Waals surface area contributed by atoms with Crippen molar-refractivity contribution in [1.29, 1.82) is 0 Å². The molecule has 112 valence electrons. The zero-order valence-corrected chi connectivity index (χ0v) is 14.0. The van der Waals surface area contributed by atoms with Gasteiger partial charge < -0.3 is 15.3 Å². The summed E-state index contributed by atoms with van der Waals surface area (Å²) in [7, 11) is 0. The summed E-state index contributed by atoms with van der Waals surface area (Å²) in [5.41, 5.74) is 2.13. The summed E-state index contributed by atoms with van der Waals surface area (Å²) >= 11 is 3.56. The maximum atomic E-state index is 10.1. The molecule has 1 aromatic carbocycles. The van der Waals surface area contributed by atoms with Crippen LogP contribution in [-0.4, -0.2) is 30.3 Å². The number of halogens is 1. The first kappa shape index (κ1) is 15.8. The molecule has 4 heteroatoms. The molecule has 1 aliphatic heterocycles. The highest BCUT2D eigenvalue weighted by Crippen LogP contribution is 2.30. The minimum Gasteiger partial charge on any atom is -0.390 e. The SMILES string of the molecule is CCCNCc1cc(Br)ccc1N1CCC(C)(O)CC1. The molecule has 1 aliphatic rings. The van der Waals surface area contributed by atoms with Gasteiger partial charge in [0.15, 0.2) is 0 Å². The third-order valence-electron chi connectivity index (χ3n) is 3.97. The zero-order valence-electron chi connectivity index (χ0n) is 12.5. The Kier molecular flexibility index (Phi) is 5.47. The van der Waals surface area contributed by atoms with Crippen LogP contribution in [0.15, 0.2) is 22.7 Å². The van der Waals surface area contributed by atoms with E-state index in [-0.39, 0.29) is 0 Å². The molecule has 20 heavy (non-hydrogen) atoms. The quantitative estimate of drug-likeness (QED) is 0.807. The van der Waals surface area contributed by atoms with Gasteiger partial charge >= 0.3 is 0 Å². The topological polar surface area (TPSA) is 35.5 Å². The Morgan fingerprint density at radius 1 is 1.35 bits per heavy atom. The molecular formula is C16H25BrN2O. The van der Waals surface area contributed by atoms with Gasteiger partial charge in [0.25, 0.3) is 0 Å². The van der Waals surface area contributed by atoms with Crippen LogP contribution in [-0.2, 0) is 6.54 Å². The molecule has 2 rings (SSSR count). The van der Waals surface area contributed by atoms with Crippen LogP contribution in [0, 0.1) is 0 Å². The van der Waals surface area contributed by atoms with Crippen LogP contribution in [0.1, 0.15) is 38.7 Å². The van der Waals surface area contributed by atoms with Gasteiger partial charge in [-0.05, 0) is 56.5 Å². The highest BCUT2D eigenvalue weighted by Gasteiger charge is 2.28. The van der Waals surface area contributed by atoms with Gasteiger partial charge in [0.1, 0.15) is 0 Å². The minimum atomic E-state index is -0.494. The Morgan fingerprint density at radius 3 is 2.70 bits per heavy atom. The molecule has 0 aliphatic carbocycles. The lowest BCUT2D eigenvalue weighted by Crippen LogP contribution is -2.42. The van der Waals surface area contributed by atoms with E-state index in [4.69, 9.17) is 0 Å². The van der Waals surface area contributed by atoms with Crippen molar-refractivity contribution in [3.8, 4) is 0 Å². The van der Waals surface area contributed by atoms with Crippen LogP contribution >= 0.6 is 15.9 Å². The number of benzene rings is 1. The standard InChI is InChI=1S/C16H25BrN2O/c1-3-8-18-12-13-11-14(17)4-5-15(13)19-9-6-16(2,20)7-10-19/h4-5,11,18,20H,3,6-10,12H2,1-2H3. The van der Waals surface area contributed by atoms with E-state index in [1.807, 2.05) is 6.92 Å². The van der Waals surface area contributed by atoms with Crippen LogP contribution in [0.4, 0.5) is 5.69 Å². The Bertz CT molecular complexity index is 438. The van der Waals surface area contributed by atoms with Gasteiger partial charge in [-0.25, -0.2) is 0 Å². The summed E-state index contributed by atoms with van der Waals surface area (Å²) in [6.45, 7) is 7.91. The fourth-order valence-electron chi connectivity index (χ4n) is 2.63. The van der Waals surface area contributed by atoms with E-state index in [1.54, 1.807) is 0 Å². The summed E-state index contributed by atoms with van der Waals surface area (Å²) in [6.07, 6.45) is 2.83. The third kappa shape index (κ3) is 4.21. The van der Waals surface area contributed by atoms with Gasteiger partial charge in [0, 0.05) is 29.8 Å². The maximum Gasteiger partial charge on any atom is 0.0653 e. The number of rotatable bonds is 5. The average Bonchev–Trinajstić information content (AvgIpc) is 2.40. The predicted molar refractivity (Wildman–Crippen MR) is 88.2 cm³/mol. The van der Waals surface area contributed by atoms with E-state index in [0.717, 1.165) is 49.9 Å². The first-order valence-corrected chi connectivity index (χ1v) is 8.27. The highest BCUT2D eigenvalue weighted by atomic mass is 79.9. The fourth-order valence-corrected chi connectivity index (χ4v) is 3.04. The van der Waals surface area contributed by atoms with Gasteiger partial charge in [0.05, 0.1) is 5.60 Å². The van der Waals surface area contributed by atoms with E-state index in [1.165, 1.54) is 11.3 Å². The van der Waals surface area contributed by atoms with Crippen LogP contribution in [0.2, 0.25) is 0 Å². The highest BCUT2D eigenvalue weighted by molar-refractivity contribution is 9.10. The van der Waals surface area contributed by atoms with E-state index >= 15 is 0 Å². The monoisotopic (exact) mass is 340 g/mol. The summed E-state index contributed by atoms with van der Waals surface area (Å²) in [4.78, 5) is 2.40. The van der Waals surface area contributed by atoms with Crippen LogP contribution < -0.4 is 10.2 Å². The molecule has 1 heterocycles. The van der Waals surface area contributed by atoms with Crippen LogP contribution in [0.3, 0.4) is 0 Å². The van der Waals surface area contributed by atoms with Crippen molar-refractivity contribution in [2.24, 2.45) is 0 Å². The van der Waals surface area contributed by atoms with Crippen molar-refractivity contribution in [2.75, 3.05) is 24.5 Å². The number of hydrogen-bond acceptors (Lipinski definition) is 3. The molecule has 0 amide bonds. The Balaban J connectivity index is 2.10. The van der Waals surface area contributed by atoms with Gasteiger partial charge in [-0.3, -0.25) is 0 Å². The summed E-state index contributed by atoms with van der Waals surface area (Å²) in [5, 5.41) is 13.6. The summed E-state index contributed by atoms with van der Waals surface area (Å²) in [5.74, 6) is 0. The smallest absolute Gasteiger partial charge is 0.0653 e. The molecule has 0 atom stereocenters. The Morgan fingerprint density at radius 2 is 2.05 bits per heavy atom. The predicted octanol–water partition coefficient (Wildman–Crippen LogP) is 3.30. The lowest BCUT2D eigenvalue weighted by Gasteiger charge is -2.38. The number of hydrogen-bond donors (Lipinski definition) is 2. The van der Waals surface area contributed by atoms with E-state index < -0.39 is 5.60 Å². The molecule has 1 fully saturated rings. The van der Waals surface area contributed by atoms with Gasteiger partial charge in [-0.2, -0.15) is 0 Å². The molecule has 1 saturated heterocycles. The second-order valence-corrected chi connectivity index (χ2v) is 6.85. The first-order valence-electron chi connectivity index (χ1n) is 7.48. The van der Waals surface area contributed by atoms with Crippen molar-refractivity contribution in [2.45, 2.75) is 45.3 Å². The lowest BCUT2D eigenvalue weighted by atomic mass is 9.93. The van der Waals surface area contributed by atoms with E-state index in [2.05, 4.69) is 51.3 Å². The number of anilines is 1. The molecule has 0 saturated carbocycles. The van der Waals surface area contributed by atoms with Crippen LogP contribution in [0.5, 0.6) is 0 Å². The van der Waals surface area contributed by atoms with E-state index in [9.17, 15) is 5.11 Å². The van der Waals surface area contributed by atoms with Gasteiger partial charge in [-0.1, -0.05) is 22.9 Å². The maximum absolute atomic E-state index is 10.1. The Hall–Kier alpha value is -0.580. The molecule has 0 unspecified atom stereocenters. The molecule has 2 N–H and O–H groups in total. The van der Waals surface area contributed by atoms with Crippen molar-refractivity contribution < 1.29 is 5.11 Å². The molecule has 0 bridgehead atoms. The minimum absolute atomic E-state index is 0.494. The molecule has 0 spiro atoms. The van der Waals surface area contributed by atoms with Crippen molar-refractivity contribution in [1.82, 2.24) is 5.32 Å². The number of nitrogens with zero attached hydrogens (tertiary/aromatic N) is 1. The molecule has 0 aromatic heterocycles. The van der Waals surface area contributed by atoms with E-state index in [0.29, 0.717) is 0 Å². The molecule has 1 aromatic rings. The van der Waals surface area contributed by atoms with Crippen molar-refractivity contribution >= 4 is 21.6 Å². The third-order valence-corrected chi connectivity index (χ3v) is 4.46. The number of piperidine rings is 1. The Labute approximate surface area is 130 Å².